The minimum Gasteiger partial charge on any atom is -0.345 e. The van der Waals surface area contributed by atoms with Crippen LogP contribution < -0.4 is 4.90 Å². The van der Waals surface area contributed by atoms with Crippen LogP contribution >= 0.6 is 11.3 Å². The molecule has 1 aromatic rings. The van der Waals surface area contributed by atoms with E-state index in [4.69, 9.17) is 6.42 Å². The maximum Gasteiger partial charge on any atom is 0.245 e. The fraction of sp³-hybridized carbons (Fsp3) is 0.650. The van der Waals surface area contributed by atoms with Gasteiger partial charge in [0.2, 0.25) is 11.8 Å². The first-order valence-electron chi connectivity index (χ1n) is 10.2. The SMILES string of the molecule is C#CCCC1(CCC(=O)N2CCC[C@H]2C(=O)N2CCN(c3nccs3)CC2)N=N1. The number of amides is 2. The number of carbonyl (C=O) groups excluding carboxylic acids is 2. The van der Waals surface area contributed by atoms with Crippen molar-refractivity contribution >= 4 is 28.3 Å². The highest BCUT2D eigenvalue weighted by atomic mass is 32.1. The standard InChI is InChI=1S/C20H26N6O2S/c1-2-3-7-20(22-23-20)8-6-17(27)26-10-4-5-16(26)18(28)24-11-13-25(14-12-24)19-21-9-15-29-19/h1,9,15-16H,3-8,10-14H2/t16-/m0/s1. The van der Waals surface area contributed by atoms with Crippen LogP contribution in [0.2, 0.25) is 0 Å². The fourth-order valence-electron chi connectivity index (χ4n) is 4.14. The van der Waals surface area contributed by atoms with Crippen molar-refractivity contribution in [3.05, 3.63) is 11.6 Å². The van der Waals surface area contributed by atoms with Gasteiger partial charge in [0.1, 0.15) is 6.04 Å². The normalized spacial score (nSPS) is 22.6. The highest BCUT2D eigenvalue weighted by molar-refractivity contribution is 7.13. The first-order chi connectivity index (χ1) is 14.1. The van der Waals surface area contributed by atoms with Crippen LogP contribution in [0, 0.1) is 12.3 Å². The highest BCUT2D eigenvalue weighted by Crippen LogP contribution is 2.38. The second-order valence-corrected chi connectivity index (χ2v) is 8.63. The van der Waals surface area contributed by atoms with Gasteiger partial charge in [-0.1, -0.05) is 0 Å². The van der Waals surface area contributed by atoms with Crippen LogP contribution in [-0.2, 0) is 9.59 Å². The molecular formula is C20H26N6O2S. The molecule has 0 bridgehead atoms. The Kier molecular flexibility index (Phi) is 5.81. The van der Waals surface area contributed by atoms with Crippen LogP contribution in [-0.4, -0.2) is 71.0 Å². The van der Waals surface area contributed by atoms with Gasteiger partial charge in [-0.25, -0.2) is 4.98 Å². The third-order valence-electron chi connectivity index (χ3n) is 5.93. The molecule has 0 spiro atoms. The molecule has 2 amide bonds. The first kappa shape index (κ1) is 19.8. The van der Waals surface area contributed by atoms with Gasteiger partial charge < -0.3 is 14.7 Å². The van der Waals surface area contributed by atoms with E-state index in [1.165, 1.54) is 0 Å². The molecule has 8 nitrogen and oxygen atoms in total. The lowest BCUT2D eigenvalue weighted by Gasteiger charge is -2.37. The largest absolute Gasteiger partial charge is 0.345 e. The summed E-state index contributed by atoms with van der Waals surface area (Å²) in [4.78, 5) is 36.2. The highest BCUT2D eigenvalue weighted by Gasteiger charge is 2.42. The Morgan fingerprint density at radius 1 is 1.21 bits per heavy atom. The van der Waals surface area contributed by atoms with E-state index < -0.39 is 5.66 Å². The molecule has 0 unspecified atom stereocenters. The predicted octanol–water partition coefficient (Wildman–Crippen LogP) is 2.14. The summed E-state index contributed by atoms with van der Waals surface area (Å²) in [5.41, 5.74) is -0.451. The van der Waals surface area contributed by atoms with Gasteiger partial charge in [0, 0.05) is 70.0 Å². The number of likely N-dealkylation sites (tertiary alicyclic amines) is 1. The maximum absolute atomic E-state index is 13.1. The molecule has 3 aliphatic heterocycles. The number of aromatic nitrogens is 1. The lowest BCUT2D eigenvalue weighted by Crippen LogP contribution is -2.54. The smallest absolute Gasteiger partial charge is 0.245 e. The summed E-state index contributed by atoms with van der Waals surface area (Å²) in [6.45, 7) is 3.55. The van der Waals surface area contributed by atoms with E-state index in [0.717, 1.165) is 31.1 Å². The predicted molar refractivity (Wildman–Crippen MR) is 111 cm³/mol. The maximum atomic E-state index is 13.1. The Balaban J connectivity index is 1.28. The Morgan fingerprint density at radius 3 is 2.66 bits per heavy atom. The molecule has 0 N–H and O–H groups in total. The minimum absolute atomic E-state index is 0.0275. The molecule has 0 aromatic carbocycles. The van der Waals surface area contributed by atoms with Gasteiger partial charge >= 0.3 is 0 Å². The van der Waals surface area contributed by atoms with Gasteiger partial charge in [-0.15, -0.1) is 23.7 Å². The van der Waals surface area contributed by atoms with Crippen molar-refractivity contribution in [3.63, 3.8) is 0 Å². The molecule has 4 rings (SSSR count). The van der Waals surface area contributed by atoms with Gasteiger partial charge in [-0.05, 0) is 12.8 Å². The van der Waals surface area contributed by atoms with E-state index in [9.17, 15) is 9.59 Å². The van der Waals surface area contributed by atoms with E-state index in [0.29, 0.717) is 45.3 Å². The summed E-state index contributed by atoms with van der Waals surface area (Å²) < 4.78 is 0. The van der Waals surface area contributed by atoms with Crippen LogP contribution in [0.25, 0.3) is 0 Å². The quantitative estimate of drug-likeness (QED) is 0.640. The number of terminal acetylenes is 1. The molecule has 2 fully saturated rings. The van der Waals surface area contributed by atoms with Gasteiger partial charge in [0.05, 0.1) is 0 Å². The van der Waals surface area contributed by atoms with Crippen molar-refractivity contribution < 1.29 is 9.59 Å². The number of carbonyl (C=O) groups is 2. The molecule has 154 valence electrons. The topological polar surface area (TPSA) is 81.5 Å². The van der Waals surface area contributed by atoms with Crippen molar-refractivity contribution in [2.75, 3.05) is 37.6 Å². The van der Waals surface area contributed by atoms with Crippen LogP contribution in [0.3, 0.4) is 0 Å². The lowest BCUT2D eigenvalue weighted by molar-refractivity contribution is -0.144. The molecule has 2 saturated heterocycles. The summed E-state index contributed by atoms with van der Waals surface area (Å²) in [7, 11) is 0. The molecule has 0 aliphatic carbocycles. The molecule has 29 heavy (non-hydrogen) atoms. The molecular weight excluding hydrogens is 388 g/mol. The zero-order valence-corrected chi connectivity index (χ0v) is 17.3. The number of anilines is 1. The number of hydrogen-bond donors (Lipinski definition) is 0. The van der Waals surface area contributed by atoms with Crippen LogP contribution in [0.4, 0.5) is 5.13 Å². The molecule has 1 atom stereocenters. The monoisotopic (exact) mass is 414 g/mol. The van der Waals surface area contributed by atoms with E-state index in [2.05, 4.69) is 26.0 Å². The van der Waals surface area contributed by atoms with Crippen LogP contribution in [0.1, 0.15) is 38.5 Å². The van der Waals surface area contributed by atoms with Crippen LogP contribution in [0.5, 0.6) is 0 Å². The Bertz CT molecular complexity index is 803. The van der Waals surface area contributed by atoms with Crippen molar-refractivity contribution in [2.45, 2.75) is 50.2 Å². The number of piperazine rings is 1. The van der Waals surface area contributed by atoms with Crippen molar-refractivity contribution in [1.29, 1.82) is 0 Å². The summed E-state index contributed by atoms with van der Waals surface area (Å²) >= 11 is 1.62. The molecule has 4 heterocycles. The third-order valence-corrected chi connectivity index (χ3v) is 6.76. The number of hydrogen-bond acceptors (Lipinski definition) is 7. The Labute approximate surface area is 175 Å². The van der Waals surface area contributed by atoms with Gasteiger partial charge in [0.25, 0.3) is 0 Å². The zero-order valence-electron chi connectivity index (χ0n) is 16.5. The van der Waals surface area contributed by atoms with Gasteiger partial charge in [-0.3, -0.25) is 9.59 Å². The van der Waals surface area contributed by atoms with Crippen LogP contribution in [0.15, 0.2) is 21.8 Å². The number of nitrogens with zero attached hydrogens (tertiary/aromatic N) is 6. The average molecular weight is 415 g/mol. The van der Waals surface area contributed by atoms with Crippen molar-refractivity contribution in [3.8, 4) is 12.3 Å². The second kappa shape index (κ2) is 8.49. The number of rotatable bonds is 7. The van der Waals surface area contributed by atoms with Crippen molar-refractivity contribution in [2.24, 2.45) is 10.2 Å². The lowest BCUT2D eigenvalue weighted by atomic mass is 10.0. The van der Waals surface area contributed by atoms with Crippen molar-refractivity contribution in [1.82, 2.24) is 14.8 Å². The van der Waals surface area contributed by atoms with E-state index >= 15 is 0 Å². The van der Waals surface area contributed by atoms with E-state index in [1.807, 2.05) is 10.3 Å². The summed E-state index contributed by atoms with van der Waals surface area (Å²) in [6, 6.07) is -0.330. The summed E-state index contributed by atoms with van der Waals surface area (Å²) in [5.74, 6) is 2.71. The Hall–Kier alpha value is -2.47. The minimum atomic E-state index is -0.451. The van der Waals surface area contributed by atoms with E-state index in [-0.39, 0.29) is 17.9 Å². The molecule has 1 aromatic heterocycles. The molecule has 3 aliphatic rings. The second-order valence-electron chi connectivity index (χ2n) is 7.76. The summed E-state index contributed by atoms with van der Waals surface area (Å²) in [5, 5.41) is 11.2. The first-order valence-corrected chi connectivity index (χ1v) is 11.1. The van der Waals surface area contributed by atoms with Gasteiger partial charge in [0.15, 0.2) is 10.8 Å². The zero-order chi connectivity index (χ0) is 20.3. The molecule has 0 saturated carbocycles. The summed E-state index contributed by atoms with van der Waals surface area (Å²) in [6.07, 6.45) is 11.0. The fourth-order valence-corrected chi connectivity index (χ4v) is 4.84. The van der Waals surface area contributed by atoms with Gasteiger partial charge in [-0.2, -0.15) is 10.2 Å². The average Bonchev–Trinajstić information content (AvgIpc) is 3.15. The molecule has 0 radical (unpaired) electrons. The van der Waals surface area contributed by atoms with E-state index in [1.54, 1.807) is 22.4 Å². The third kappa shape index (κ3) is 4.42. The number of thiazole rings is 1. The Morgan fingerprint density at radius 2 is 2.00 bits per heavy atom. The molecule has 9 heteroatoms.